The quantitative estimate of drug-likeness (QED) is 0.503. The van der Waals surface area contributed by atoms with Gasteiger partial charge >= 0.3 is 0 Å². The molecule has 0 bridgehead atoms. The summed E-state index contributed by atoms with van der Waals surface area (Å²) in [5.74, 6) is -0.553. The van der Waals surface area contributed by atoms with Crippen molar-refractivity contribution in [2.45, 2.75) is 18.2 Å². The van der Waals surface area contributed by atoms with E-state index in [1.165, 1.54) is 11.3 Å². The lowest BCUT2D eigenvalue weighted by atomic mass is 10.1. The molecule has 0 unspecified atom stereocenters. The number of carbonyl (C=O) groups is 2. The van der Waals surface area contributed by atoms with Gasteiger partial charge in [0.05, 0.1) is 10.6 Å². The molecule has 0 atom stereocenters. The number of aromatic nitrogens is 1. The van der Waals surface area contributed by atoms with E-state index in [4.69, 9.17) is 11.6 Å². The fourth-order valence-electron chi connectivity index (χ4n) is 4.11. The number of sulfone groups is 1. The van der Waals surface area contributed by atoms with Gasteiger partial charge in [-0.15, -0.1) is 0 Å². The molecule has 0 radical (unpaired) electrons. The molecule has 1 saturated heterocycles. The van der Waals surface area contributed by atoms with Crippen LogP contribution in [-0.4, -0.2) is 73.6 Å². The Morgan fingerprint density at radius 1 is 1.03 bits per heavy atom. The molecule has 0 aliphatic carbocycles. The van der Waals surface area contributed by atoms with Crippen LogP contribution in [0.5, 0.6) is 0 Å². The maximum atomic E-state index is 13.0. The third-order valence-corrected chi connectivity index (χ3v) is 9.60. The number of hydrogen-bond acceptors (Lipinski definition) is 6. The number of piperazine rings is 1. The Kier molecular flexibility index (Phi) is 7.35. The first-order valence-electron chi connectivity index (χ1n) is 11.2. The molecule has 2 amide bonds. The molecule has 186 valence electrons. The summed E-state index contributed by atoms with van der Waals surface area (Å²) in [5, 5.41) is 2.21. The number of benzene rings is 2. The second kappa shape index (κ2) is 10.1. The van der Waals surface area contributed by atoms with Crippen LogP contribution in [0, 0.1) is 6.92 Å². The van der Waals surface area contributed by atoms with Crippen LogP contribution in [-0.2, 0) is 21.7 Å². The van der Waals surface area contributed by atoms with Crippen molar-refractivity contribution in [3.05, 3.63) is 56.8 Å². The number of halogens is 1. The van der Waals surface area contributed by atoms with Crippen molar-refractivity contribution in [1.82, 2.24) is 14.4 Å². The zero-order chi connectivity index (χ0) is 25.3. The molecular formula is C24H27ClN4O4S2. The average molecular weight is 535 g/mol. The summed E-state index contributed by atoms with van der Waals surface area (Å²) in [6.45, 7) is 3.46. The van der Waals surface area contributed by atoms with Gasteiger partial charge in [0.2, 0.25) is 5.91 Å². The van der Waals surface area contributed by atoms with Gasteiger partial charge in [0.15, 0.2) is 14.6 Å². The third kappa shape index (κ3) is 5.29. The molecule has 2 heterocycles. The highest BCUT2D eigenvalue weighted by Crippen LogP contribution is 2.24. The highest BCUT2D eigenvalue weighted by molar-refractivity contribution is 7.91. The lowest BCUT2D eigenvalue weighted by molar-refractivity contribution is -0.132. The number of rotatable bonds is 5. The van der Waals surface area contributed by atoms with E-state index >= 15 is 0 Å². The molecule has 1 aliphatic rings. The fraction of sp³-hybridized carbons (Fsp3) is 0.375. The minimum atomic E-state index is -3.62. The maximum Gasteiger partial charge on any atom is 0.265 e. The van der Waals surface area contributed by atoms with Crippen LogP contribution in [0.25, 0.3) is 10.8 Å². The Labute approximate surface area is 213 Å². The minimum absolute atomic E-state index is 0.0646. The number of thiazole rings is 1. The third-order valence-electron chi connectivity index (χ3n) is 6.33. The van der Waals surface area contributed by atoms with Gasteiger partial charge in [-0.3, -0.25) is 14.6 Å². The van der Waals surface area contributed by atoms with Crippen LogP contribution in [0.4, 0.5) is 0 Å². The molecule has 1 fully saturated rings. The molecule has 4 rings (SSSR count). The Balaban J connectivity index is 1.35. The molecule has 1 aliphatic heterocycles. The lowest BCUT2D eigenvalue weighted by Crippen LogP contribution is -2.50. The van der Waals surface area contributed by atoms with Gasteiger partial charge in [-0.2, -0.15) is 0 Å². The zero-order valence-corrected chi connectivity index (χ0v) is 22.2. The van der Waals surface area contributed by atoms with Crippen LogP contribution in [0.1, 0.15) is 21.8 Å². The van der Waals surface area contributed by atoms with E-state index in [2.05, 4.69) is 4.99 Å². The van der Waals surface area contributed by atoms with E-state index in [1.807, 2.05) is 18.5 Å². The highest BCUT2D eigenvalue weighted by atomic mass is 35.5. The predicted molar refractivity (Wildman–Crippen MR) is 138 cm³/mol. The molecule has 1 aromatic heterocycles. The maximum absolute atomic E-state index is 13.0. The summed E-state index contributed by atoms with van der Waals surface area (Å²) in [4.78, 5) is 34.9. The van der Waals surface area contributed by atoms with Gasteiger partial charge in [-0.1, -0.05) is 35.1 Å². The first-order chi connectivity index (χ1) is 16.6. The molecule has 8 nitrogen and oxygen atoms in total. The molecule has 3 aromatic rings. The van der Waals surface area contributed by atoms with Gasteiger partial charge in [0.25, 0.3) is 5.91 Å². The summed E-state index contributed by atoms with van der Waals surface area (Å²) in [6, 6.07) is 10.1. The molecule has 11 heteroatoms. The second-order valence-corrected chi connectivity index (χ2v) is 12.0. The molecule has 2 aromatic carbocycles. The van der Waals surface area contributed by atoms with Gasteiger partial charge in [0.1, 0.15) is 4.88 Å². The first-order valence-corrected chi connectivity index (χ1v) is 14.0. The average Bonchev–Trinajstić information content (AvgIpc) is 3.15. The summed E-state index contributed by atoms with van der Waals surface area (Å²) < 4.78 is 27.6. The Bertz CT molecular complexity index is 1470. The van der Waals surface area contributed by atoms with Crippen molar-refractivity contribution >= 4 is 55.4 Å². The SMILES string of the molecule is C/N=c1\sc(C(=O)N2CCN(C(=O)CCS(=O)(=O)c3ccc4cc(Cl)ccc4c3)CC2)c(C)n1C. The van der Waals surface area contributed by atoms with Crippen molar-refractivity contribution in [3.63, 3.8) is 0 Å². The van der Waals surface area contributed by atoms with Gasteiger partial charge in [-0.05, 0) is 42.0 Å². The largest absolute Gasteiger partial charge is 0.339 e. The van der Waals surface area contributed by atoms with Crippen LogP contribution < -0.4 is 4.80 Å². The van der Waals surface area contributed by atoms with Crippen LogP contribution >= 0.6 is 22.9 Å². The van der Waals surface area contributed by atoms with Crippen LogP contribution in [0.2, 0.25) is 5.02 Å². The van der Waals surface area contributed by atoms with Gasteiger partial charge in [-0.25, -0.2) is 8.42 Å². The number of carbonyl (C=O) groups excluding carboxylic acids is 2. The Hall–Kier alpha value is -2.69. The van der Waals surface area contributed by atoms with Crippen molar-refractivity contribution in [2.75, 3.05) is 39.0 Å². The standard InChI is InChI=1S/C24H27ClN4O4S2/c1-16-22(34-24(26-2)27(16)3)23(31)29-11-9-28(10-12-29)21(30)8-13-35(32,33)20-7-5-17-14-19(25)6-4-18(17)15-20/h4-7,14-15H,8-13H2,1-3H3/b26-24-. The summed E-state index contributed by atoms with van der Waals surface area (Å²) in [5.41, 5.74) is 0.862. The van der Waals surface area contributed by atoms with E-state index < -0.39 is 9.84 Å². The summed E-state index contributed by atoms with van der Waals surface area (Å²) in [6.07, 6.45) is -0.101. The summed E-state index contributed by atoms with van der Waals surface area (Å²) in [7, 11) is -0.0471. The Morgan fingerprint density at radius 2 is 1.66 bits per heavy atom. The molecule has 0 spiro atoms. The van der Waals surface area contributed by atoms with E-state index in [1.54, 1.807) is 53.2 Å². The normalized spacial score (nSPS) is 15.1. The van der Waals surface area contributed by atoms with E-state index in [0.717, 1.165) is 21.3 Å². The number of fused-ring (bicyclic) bond motifs is 1. The molecule has 35 heavy (non-hydrogen) atoms. The van der Waals surface area contributed by atoms with Crippen LogP contribution in [0.3, 0.4) is 0 Å². The van der Waals surface area contributed by atoms with Crippen molar-refractivity contribution in [2.24, 2.45) is 12.0 Å². The topological polar surface area (TPSA) is 92.1 Å². The number of hydrogen-bond donors (Lipinski definition) is 0. The monoisotopic (exact) mass is 534 g/mol. The molecular weight excluding hydrogens is 508 g/mol. The second-order valence-electron chi connectivity index (χ2n) is 8.48. The predicted octanol–water partition coefficient (Wildman–Crippen LogP) is 2.88. The smallest absolute Gasteiger partial charge is 0.265 e. The van der Waals surface area contributed by atoms with Crippen molar-refractivity contribution < 1.29 is 18.0 Å². The minimum Gasteiger partial charge on any atom is -0.339 e. The van der Waals surface area contributed by atoms with Gasteiger partial charge < -0.3 is 14.4 Å². The Morgan fingerprint density at radius 3 is 2.31 bits per heavy atom. The van der Waals surface area contributed by atoms with E-state index in [0.29, 0.717) is 36.1 Å². The van der Waals surface area contributed by atoms with Crippen LogP contribution in [0.15, 0.2) is 46.3 Å². The fourth-order valence-corrected chi connectivity index (χ4v) is 6.60. The first kappa shape index (κ1) is 25.4. The zero-order valence-electron chi connectivity index (χ0n) is 19.8. The van der Waals surface area contributed by atoms with Crippen molar-refractivity contribution in [1.29, 1.82) is 0 Å². The summed E-state index contributed by atoms with van der Waals surface area (Å²) >= 11 is 7.35. The van der Waals surface area contributed by atoms with E-state index in [-0.39, 0.29) is 28.9 Å². The van der Waals surface area contributed by atoms with Crippen molar-refractivity contribution in [3.8, 4) is 0 Å². The number of amides is 2. The molecule has 0 saturated carbocycles. The van der Waals surface area contributed by atoms with E-state index in [9.17, 15) is 18.0 Å². The lowest BCUT2D eigenvalue weighted by Gasteiger charge is -2.34. The number of nitrogens with zero attached hydrogens (tertiary/aromatic N) is 4. The highest BCUT2D eigenvalue weighted by Gasteiger charge is 2.28. The van der Waals surface area contributed by atoms with Gasteiger partial charge in [0, 0.05) is 57.4 Å². The molecule has 0 N–H and O–H groups in total.